The summed E-state index contributed by atoms with van der Waals surface area (Å²) in [5.74, 6) is -2.76. The number of amides is 3. The zero-order valence-electron chi connectivity index (χ0n) is 19.8. The first-order valence-electron chi connectivity index (χ1n) is 11.3. The fraction of sp³-hybridized carbons (Fsp3) is 0.435. The van der Waals surface area contributed by atoms with Crippen molar-refractivity contribution < 1.29 is 29.4 Å². The van der Waals surface area contributed by atoms with Crippen molar-refractivity contribution in [2.24, 2.45) is 5.73 Å². The third-order valence-electron chi connectivity index (χ3n) is 5.29. The number of aliphatic hydroxyl groups is 1. The summed E-state index contributed by atoms with van der Waals surface area (Å²) in [6.07, 6.45) is 5.15. The minimum absolute atomic E-state index is 0.0756. The van der Waals surface area contributed by atoms with Gasteiger partial charge in [-0.3, -0.25) is 14.4 Å². The first-order valence-corrected chi connectivity index (χ1v) is 12.6. The van der Waals surface area contributed by atoms with E-state index >= 15 is 0 Å². The van der Waals surface area contributed by atoms with E-state index in [1.807, 2.05) is 12.3 Å². The van der Waals surface area contributed by atoms with Crippen LogP contribution in [0, 0.1) is 0 Å². The van der Waals surface area contributed by atoms with Gasteiger partial charge in [0.05, 0.1) is 19.0 Å². The minimum Gasteiger partial charge on any atom is -0.480 e. The molecule has 8 N–H and O–H groups in total. The molecule has 0 bridgehead atoms. The molecule has 0 saturated carbocycles. The van der Waals surface area contributed by atoms with Crippen molar-refractivity contribution in [2.45, 2.75) is 43.4 Å². The summed E-state index contributed by atoms with van der Waals surface area (Å²) >= 11 is 1.54. The molecule has 4 atom stereocenters. The maximum absolute atomic E-state index is 13.1. The molecule has 0 aliphatic heterocycles. The number of thioether (sulfide) groups is 1. The van der Waals surface area contributed by atoms with Gasteiger partial charge in [0.25, 0.3) is 0 Å². The van der Waals surface area contributed by atoms with E-state index in [-0.39, 0.29) is 12.8 Å². The molecular formula is C23H32N6O6S. The predicted octanol–water partition coefficient (Wildman–Crippen LogP) is -1.19. The number of imidazole rings is 1. The second kappa shape index (κ2) is 14.9. The summed E-state index contributed by atoms with van der Waals surface area (Å²) < 4.78 is 0. The number of aromatic nitrogens is 2. The van der Waals surface area contributed by atoms with Crippen LogP contribution in [0.25, 0.3) is 0 Å². The highest BCUT2D eigenvalue weighted by atomic mass is 32.2. The normalized spacial score (nSPS) is 14.2. The molecule has 4 unspecified atom stereocenters. The van der Waals surface area contributed by atoms with Crippen LogP contribution in [0.5, 0.6) is 0 Å². The van der Waals surface area contributed by atoms with Crippen molar-refractivity contribution in [3.05, 3.63) is 54.1 Å². The van der Waals surface area contributed by atoms with Gasteiger partial charge in [-0.1, -0.05) is 30.3 Å². The Hall–Kier alpha value is -3.42. The van der Waals surface area contributed by atoms with Gasteiger partial charge >= 0.3 is 5.97 Å². The highest BCUT2D eigenvalue weighted by Crippen LogP contribution is 2.06. The maximum Gasteiger partial charge on any atom is 0.326 e. The van der Waals surface area contributed by atoms with Crippen LogP contribution in [0.4, 0.5) is 0 Å². The average molecular weight is 521 g/mol. The Morgan fingerprint density at radius 3 is 2.22 bits per heavy atom. The summed E-state index contributed by atoms with van der Waals surface area (Å²) in [6, 6.07) is 4.27. The topological polar surface area (TPSA) is 200 Å². The summed E-state index contributed by atoms with van der Waals surface area (Å²) in [7, 11) is 0. The highest BCUT2D eigenvalue weighted by Gasteiger charge is 2.30. The fourth-order valence-corrected chi connectivity index (χ4v) is 3.76. The second-order valence-corrected chi connectivity index (χ2v) is 9.05. The van der Waals surface area contributed by atoms with Gasteiger partial charge in [0.2, 0.25) is 17.7 Å². The number of hydrogen-bond donors (Lipinski definition) is 7. The second-order valence-electron chi connectivity index (χ2n) is 8.06. The van der Waals surface area contributed by atoms with Gasteiger partial charge < -0.3 is 36.9 Å². The average Bonchev–Trinajstić information content (AvgIpc) is 3.38. The molecule has 0 saturated heterocycles. The molecule has 2 aromatic rings. The third-order valence-corrected chi connectivity index (χ3v) is 5.94. The molecule has 1 aromatic heterocycles. The molecular weight excluding hydrogens is 488 g/mol. The number of nitrogens with one attached hydrogen (secondary N) is 4. The van der Waals surface area contributed by atoms with Gasteiger partial charge in [0.15, 0.2) is 0 Å². The molecule has 12 nitrogen and oxygen atoms in total. The number of hydrogen-bond acceptors (Lipinski definition) is 8. The number of carboxylic acids is 1. The number of benzene rings is 1. The Morgan fingerprint density at radius 2 is 1.64 bits per heavy atom. The fourth-order valence-electron chi connectivity index (χ4n) is 3.27. The third kappa shape index (κ3) is 9.32. The monoisotopic (exact) mass is 520 g/mol. The molecule has 0 aliphatic carbocycles. The summed E-state index contributed by atoms with van der Waals surface area (Å²) in [4.78, 5) is 56.5. The van der Waals surface area contributed by atoms with Crippen molar-refractivity contribution in [3.63, 3.8) is 0 Å². The molecule has 1 aromatic carbocycles. The van der Waals surface area contributed by atoms with E-state index in [0.29, 0.717) is 17.9 Å². The van der Waals surface area contributed by atoms with Gasteiger partial charge in [-0.05, 0) is 24.0 Å². The van der Waals surface area contributed by atoms with E-state index < -0.39 is 54.5 Å². The number of aliphatic carboxylic acids is 1. The lowest BCUT2D eigenvalue weighted by atomic mass is 10.0. The number of nitrogens with zero attached hydrogens (tertiary/aromatic N) is 1. The Morgan fingerprint density at radius 1 is 1.00 bits per heavy atom. The number of H-pyrrole nitrogens is 1. The number of rotatable bonds is 15. The molecule has 13 heteroatoms. The lowest BCUT2D eigenvalue weighted by Gasteiger charge is -2.24. The van der Waals surface area contributed by atoms with Crippen LogP contribution in [0.2, 0.25) is 0 Å². The Kier molecular flexibility index (Phi) is 11.9. The zero-order chi connectivity index (χ0) is 26.5. The van der Waals surface area contributed by atoms with Gasteiger partial charge in [-0.2, -0.15) is 11.8 Å². The number of nitrogens with two attached hydrogens (primary N) is 1. The molecule has 0 fully saturated rings. The first-order chi connectivity index (χ1) is 17.2. The lowest BCUT2D eigenvalue weighted by molar-refractivity contribution is -0.142. The van der Waals surface area contributed by atoms with E-state index in [1.54, 1.807) is 24.3 Å². The predicted molar refractivity (Wildman–Crippen MR) is 134 cm³/mol. The Balaban J connectivity index is 2.10. The summed E-state index contributed by atoms with van der Waals surface area (Å²) in [6.45, 7) is -0.785. The van der Waals surface area contributed by atoms with Gasteiger partial charge in [-0.25, -0.2) is 9.78 Å². The molecule has 0 spiro atoms. The first kappa shape index (κ1) is 28.8. The summed E-state index contributed by atoms with van der Waals surface area (Å²) in [5.41, 5.74) is 7.17. The minimum atomic E-state index is -1.44. The van der Waals surface area contributed by atoms with Crippen LogP contribution in [0.1, 0.15) is 17.7 Å². The van der Waals surface area contributed by atoms with E-state index in [1.165, 1.54) is 24.3 Å². The van der Waals surface area contributed by atoms with E-state index in [0.717, 1.165) is 5.56 Å². The standard InChI is InChI=1S/C23H32N6O6S/c1-36-8-7-16(24)20(31)27-17(9-14-5-3-2-4-6-14)21(32)29-19(12-30)22(33)28-18(23(34)35)10-15-11-25-13-26-15/h2-6,11,13,16-19,30H,7-10,12,24H2,1H3,(H,25,26)(H,27,31)(H,28,33)(H,29,32)(H,34,35). The van der Waals surface area contributed by atoms with E-state index in [4.69, 9.17) is 5.73 Å². The van der Waals surface area contributed by atoms with Crippen molar-refractivity contribution >= 4 is 35.5 Å². The maximum atomic E-state index is 13.1. The van der Waals surface area contributed by atoms with Crippen molar-refractivity contribution in [3.8, 4) is 0 Å². The summed E-state index contributed by atoms with van der Waals surface area (Å²) in [5, 5.41) is 26.5. The number of carboxylic acid groups (broad SMARTS) is 1. The smallest absolute Gasteiger partial charge is 0.326 e. The Bertz CT molecular complexity index is 990. The van der Waals surface area contributed by atoms with E-state index in [2.05, 4.69) is 25.9 Å². The molecule has 3 amide bonds. The van der Waals surface area contributed by atoms with Crippen LogP contribution in [0.3, 0.4) is 0 Å². The van der Waals surface area contributed by atoms with Crippen molar-refractivity contribution in [1.82, 2.24) is 25.9 Å². The number of aromatic amines is 1. The van der Waals surface area contributed by atoms with Crippen LogP contribution < -0.4 is 21.7 Å². The van der Waals surface area contributed by atoms with Crippen LogP contribution in [-0.2, 0) is 32.0 Å². The Labute approximate surface area is 212 Å². The lowest BCUT2D eigenvalue weighted by Crippen LogP contribution is -2.58. The van der Waals surface area contributed by atoms with Gasteiger partial charge in [-0.15, -0.1) is 0 Å². The molecule has 196 valence electrons. The number of carbonyl (C=O) groups is 4. The van der Waals surface area contributed by atoms with Gasteiger partial charge in [0, 0.05) is 24.7 Å². The molecule has 2 rings (SSSR count). The number of carbonyl (C=O) groups excluding carboxylic acids is 3. The SMILES string of the molecule is CSCCC(N)C(=O)NC(Cc1ccccc1)C(=O)NC(CO)C(=O)NC(Cc1cnc[nH]1)C(=O)O. The molecule has 0 radical (unpaired) electrons. The van der Waals surface area contributed by atoms with Crippen LogP contribution in [-0.4, -0.2) is 86.7 Å². The van der Waals surface area contributed by atoms with Crippen LogP contribution >= 0.6 is 11.8 Å². The van der Waals surface area contributed by atoms with Crippen molar-refractivity contribution in [2.75, 3.05) is 18.6 Å². The molecule has 1 heterocycles. The zero-order valence-corrected chi connectivity index (χ0v) is 20.7. The van der Waals surface area contributed by atoms with Crippen LogP contribution in [0.15, 0.2) is 42.9 Å². The van der Waals surface area contributed by atoms with E-state index in [9.17, 15) is 29.4 Å². The quantitative estimate of drug-likeness (QED) is 0.151. The largest absolute Gasteiger partial charge is 0.480 e. The highest BCUT2D eigenvalue weighted by molar-refractivity contribution is 7.98. The number of aliphatic hydroxyl groups excluding tert-OH is 1. The van der Waals surface area contributed by atoms with Crippen molar-refractivity contribution in [1.29, 1.82) is 0 Å². The molecule has 0 aliphatic rings. The van der Waals surface area contributed by atoms with Gasteiger partial charge in [0.1, 0.15) is 18.1 Å². The molecule has 36 heavy (non-hydrogen) atoms.